The molecule has 2 aromatic rings. The summed E-state index contributed by atoms with van der Waals surface area (Å²) in [7, 11) is 0. The van der Waals surface area contributed by atoms with Crippen molar-refractivity contribution in [1.29, 1.82) is 0 Å². The summed E-state index contributed by atoms with van der Waals surface area (Å²) in [4.78, 5) is 12.8. The van der Waals surface area contributed by atoms with Crippen molar-refractivity contribution in [2.75, 3.05) is 11.9 Å². The number of anilines is 1. The Kier molecular flexibility index (Phi) is 4.26. The van der Waals surface area contributed by atoms with E-state index in [9.17, 15) is 4.79 Å². The van der Waals surface area contributed by atoms with Gasteiger partial charge in [0.25, 0.3) is 0 Å². The number of halogens is 2. The molecule has 0 heterocycles. The van der Waals surface area contributed by atoms with Gasteiger partial charge >= 0.3 is 0 Å². The lowest BCUT2D eigenvalue weighted by molar-refractivity contribution is -0.118. The van der Waals surface area contributed by atoms with E-state index in [-0.39, 0.29) is 5.91 Å². The first-order valence-electron chi connectivity index (χ1n) is 7.47. The molecule has 0 unspecified atom stereocenters. The lowest BCUT2D eigenvalue weighted by atomic mass is 9.94. The number of carbonyl (C=O) groups excluding carboxylic acids is 1. The summed E-state index contributed by atoms with van der Waals surface area (Å²) in [5.74, 6) is 0.566. The monoisotopic (exact) mass is 349 g/mol. The average molecular weight is 350 g/mol. The van der Waals surface area contributed by atoms with E-state index >= 15 is 0 Å². The molecule has 1 aliphatic rings. The molecule has 1 fully saturated rings. The van der Waals surface area contributed by atoms with Gasteiger partial charge < -0.3 is 10.1 Å². The van der Waals surface area contributed by atoms with Crippen LogP contribution in [0.15, 0.2) is 54.6 Å². The van der Waals surface area contributed by atoms with Gasteiger partial charge in [0.15, 0.2) is 0 Å². The highest BCUT2D eigenvalue weighted by Crippen LogP contribution is 2.65. The number of benzene rings is 2. The summed E-state index contributed by atoms with van der Waals surface area (Å²) in [5.41, 5.74) is 0.605. The van der Waals surface area contributed by atoms with Crippen LogP contribution in [0.3, 0.4) is 0 Å². The Morgan fingerprint density at radius 1 is 1.13 bits per heavy atom. The fraction of sp³-hybridized carbons (Fsp3) is 0.278. The zero-order chi connectivity index (χ0) is 16.5. The Labute approximate surface area is 145 Å². The molecule has 1 N–H and O–H groups in total. The summed E-state index contributed by atoms with van der Waals surface area (Å²) >= 11 is 12.6. The molecular formula is C18H17Cl2NO2. The molecule has 0 aliphatic heterocycles. The molecule has 0 radical (unpaired) electrons. The number of carbonyl (C=O) groups is 1. The Morgan fingerprint density at radius 3 is 2.26 bits per heavy atom. The van der Waals surface area contributed by atoms with Crippen molar-refractivity contribution in [3.8, 4) is 5.75 Å². The molecule has 2 aromatic carbocycles. The van der Waals surface area contributed by atoms with E-state index in [0.717, 1.165) is 11.3 Å². The van der Waals surface area contributed by atoms with E-state index in [1.165, 1.54) is 0 Å². The Hall–Kier alpha value is -1.71. The van der Waals surface area contributed by atoms with Gasteiger partial charge in [0, 0.05) is 12.1 Å². The van der Waals surface area contributed by atoms with Gasteiger partial charge in [0.05, 0.1) is 6.61 Å². The molecule has 3 nitrogen and oxygen atoms in total. The topological polar surface area (TPSA) is 38.3 Å². The molecule has 0 aromatic heterocycles. The van der Waals surface area contributed by atoms with E-state index < -0.39 is 9.75 Å². The Balaban J connectivity index is 1.81. The zero-order valence-corrected chi connectivity index (χ0v) is 14.2. The molecule has 120 valence electrons. The van der Waals surface area contributed by atoms with Crippen LogP contribution in [0.1, 0.15) is 18.9 Å². The molecule has 5 heteroatoms. The van der Waals surface area contributed by atoms with E-state index in [1.807, 2.05) is 49.4 Å². The van der Waals surface area contributed by atoms with Crippen molar-refractivity contribution in [2.45, 2.75) is 23.1 Å². The maximum atomic E-state index is 12.8. The van der Waals surface area contributed by atoms with Crippen LogP contribution in [-0.2, 0) is 10.2 Å². The van der Waals surface area contributed by atoms with Gasteiger partial charge in [-0.25, -0.2) is 0 Å². The second kappa shape index (κ2) is 6.06. The molecule has 1 amide bonds. The Morgan fingerprint density at radius 2 is 1.74 bits per heavy atom. The lowest BCUT2D eigenvalue weighted by Crippen LogP contribution is -2.32. The van der Waals surface area contributed by atoms with Crippen LogP contribution in [0.5, 0.6) is 5.75 Å². The standard InChI is InChI=1S/C18H17Cl2NO2/c1-2-23-15-10-8-14(9-11-15)21-16(22)17(12-18(17,19)20)13-6-4-3-5-7-13/h3-11H,2,12H2,1H3,(H,21,22)/t17-/m0/s1. The van der Waals surface area contributed by atoms with Crippen LogP contribution in [-0.4, -0.2) is 16.8 Å². The fourth-order valence-electron chi connectivity index (χ4n) is 2.74. The molecule has 1 aliphatic carbocycles. The second-order valence-electron chi connectivity index (χ2n) is 5.56. The number of rotatable bonds is 5. The maximum absolute atomic E-state index is 12.8. The summed E-state index contributed by atoms with van der Waals surface area (Å²) < 4.78 is 4.31. The van der Waals surface area contributed by atoms with Crippen molar-refractivity contribution in [3.05, 3.63) is 60.2 Å². The highest BCUT2D eigenvalue weighted by Gasteiger charge is 2.72. The minimum Gasteiger partial charge on any atom is -0.494 e. The van der Waals surface area contributed by atoms with Gasteiger partial charge in [-0.15, -0.1) is 23.2 Å². The smallest absolute Gasteiger partial charge is 0.238 e. The predicted octanol–water partition coefficient (Wildman–Crippen LogP) is 4.54. The van der Waals surface area contributed by atoms with E-state index in [1.54, 1.807) is 12.1 Å². The molecule has 1 saturated carbocycles. The SMILES string of the molecule is CCOc1ccc(NC(=O)[C@@]2(c3ccccc3)CC2(Cl)Cl)cc1. The van der Waals surface area contributed by atoms with E-state index in [2.05, 4.69) is 5.32 Å². The maximum Gasteiger partial charge on any atom is 0.238 e. The van der Waals surface area contributed by atoms with Crippen LogP contribution in [0.2, 0.25) is 0 Å². The van der Waals surface area contributed by atoms with Crippen LogP contribution in [0, 0.1) is 0 Å². The molecular weight excluding hydrogens is 333 g/mol. The second-order valence-corrected chi connectivity index (χ2v) is 7.05. The minimum atomic E-state index is -1.08. The zero-order valence-electron chi connectivity index (χ0n) is 12.7. The largest absolute Gasteiger partial charge is 0.494 e. The van der Waals surface area contributed by atoms with Crippen molar-refractivity contribution in [1.82, 2.24) is 0 Å². The van der Waals surface area contributed by atoms with Crippen molar-refractivity contribution in [3.63, 3.8) is 0 Å². The van der Waals surface area contributed by atoms with Crippen LogP contribution in [0.4, 0.5) is 5.69 Å². The third kappa shape index (κ3) is 2.91. The normalized spacial score (nSPS) is 21.5. The third-order valence-corrected chi connectivity index (χ3v) is 4.98. The predicted molar refractivity (Wildman–Crippen MR) is 93.4 cm³/mol. The summed E-state index contributed by atoms with van der Waals surface area (Å²) in [6, 6.07) is 16.6. The molecule has 3 rings (SSSR count). The van der Waals surface area contributed by atoms with Crippen molar-refractivity contribution >= 4 is 34.8 Å². The Bertz CT molecular complexity index is 701. The van der Waals surface area contributed by atoms with Crippen molar-refractivity contribution in [2.24, 2.45) is 0 Å². The van der Waals surface area contributed by atoms with Crippen molar-refractivity contribution < 1.29 is 9.53 Å². The first-order chi connectivity index (χ1) is 11.0. The van der Waals surface area contributed by atoms with Gasteiger partial charge in [0.1, 0.15) is 15.5 Å². The third-order valence-electron chi connectivity index (χ3n) is 4.06. The molecule has 0 saturated heterocycles. The molecule has 0 bridgehead atoms. The molecule has 0 spiro atoms. The number of ether oxygens (including phenoxy) is 1. The molecule has 23 heavy (non-hydrogen) atoms. The number of nitrogens with one attached hydrogen (secondary N) is 1. The summed E-state index contributed by atoms with van der Waals surface area (Å²) in [6.07, 6.45) is 0.399. The quantitative estimate of drug-likeness (QED) is 0.804. The summed E-state index contributed by atoms with van der Waals surface area (Å²) in [6.45, 7) is 2.52. The fourth-order valence-corrected chi connectivity index (χ4v) is 3.53. The first kappa shape index (κ1) is 16.2. The average Bonchev–Trinajstić information content (AvgIpc) is 3.14. The van der Waals surface area contributed by atoms with E-state index in [4.69, 9.17) is 27.9 Å². The number of hydrogen-bond acceptors (Lipinski definition) is 2. The van der Waals surface area contributed by atoms with Gasteiger partial charge in [-0.1, -0.05) is 30.3 Å². The minimum absolute atomic E-state index is 0.196. The van der Waals surface area contributed by atoms with Crippen LogP contribution >= 0.6 is 23.2 Å². The lowest BCUT2D eigenvalue weighted by Gasteiger charge is -2.18. The highest BCUT2D eigenvalue weighted by atomic mass is 35.5. The number of hydrogen-bond donors (Lipinski definition) is 1. The highest BCUT2D eigenvalue weighted by molar-refractivity contribution is 6.54. The van der Waals surface area contributed by atoms with Crippen LogP contribution in [0.25, 0.3) is 0 Å². The van der Waals surface area contributed by atoms with E-state index in [0.29, 0.717) is 18.7 Å². The number of amides is 1. The molecule has 1 atom stereocenters. The van der Waals surface area contributed by atoms with Gasteiger partial charge in [-0.05, 0) is 36.8 Å². The van der Waals surface area contributed by atoms with Gasteiger partial charge in [-0.2, -0.15) is 0 Å². The van der Waals surface area contributed by atoms with Crippen LogP contribution < -0.4 is 10.1 Å². The summed E-state index contributed by atoms with van der Waals surface area (Å²) in [5, 5.41) is 2.90. The van der Waals surface area contributed by atoms with Gasteiger partial charge in [0.2, 0.25) is 5.91 Å². The first-order valence-corrected chi connectivity index (χ1v) is 8.23. The number of alkyl halides is 2. The van der Waals surface area contributed by atoms with Gasteiger partial charge in [-0.3, -0.25) is 4.79 Å².